The van der Waals surface area contributed by atoms with Gasteiger partial charge in [0.2, 0.25) is 17.7 Å². The molecule has 0 aliphatic rings. The summed E-state index contributed by atoms with van der Waals surface area (Å²) in [6, 6.07) is 14.1. The van der Waals surface area contributed by atoms with Crippen LogP contribution in [0.5, 0.6) is 0 Å². The third kappa shape index (κ3) is 6.05. The smallest absolute Gasteiger partial charge is 0.228 e. The van der Waals surface area contributed by atoms with Crippen LogP contribution in [-0.2, 0) is 20.8 Å². The molecule has 0 spiro atoms. The number of nitrogens with one attached hydrogen (secondary N) is 3. The fourth-order valence-electron chi connectivity index (χ4n) is 2.22. The third-order valence-electron chi connectivity index (χ3n) is 3.60. The van der Waals surface area contributed by atoms with Crippen molar-refractivity contribution in [1.82, 2.24) is 0 Å². The monoisotopic (exact) mass is 353 g/mol. The van der Waals surface area contributed by atoms with Gasteiger partial charge in [-0.2, -0.15) is 0 Å². The molecule has 0 fully saturated rings. The number of hydrogen-bond acceptors (Lipinski definition) is 3. The number of carbonyl (C=O) groups is 3. The number of amides is 3. The van der Waals surface area contributed by atoms with Crippen LogP contribution in [0.2, 0.25) is 0 Å². The maximum Gasteiger partial charge on any atom is 0.228 e. The molecule has 2 aromatic rings. The summed E-state index contributed by atoms with van der Waals surface area (Å²) in [5.41, 5.74) is 2.89. The van der Waals surface area contributed by atoms with Crippen molar-refractivity contribution in [3.63, 3.8) is 0 Å². The summed E-state index contributed by atoms with van der Waals surface area (Å²) in [4.78, 5) is 34.8. The van der Waals surface area contributed by atoms with Gasteiger partial charge in [0.05, 0.1) is 6.42 Å². The highest BCUT2D eigenvalue weighted by Crippen LogP contribution is 2.15. The van der Waals surface area contributed by atoms with Crippen LogP contribution in [0.15, 0.2) is 48.5 Å². The fraction of sp³-hybridized carbons (Fsp3) is 0.250. The van der Waals surface area contributed by atoms with Crippen LogP contribution in [0.1, 0.15) is 26.3 Å². The van der Waals surface area contributed by atoms with Crippen LogP contribution >= 0.6 is 0 Å². The van der Waals surface area contributed by atoms with E-state index in [4.69, 9.17) is 0 Å². The van der Waals surface area contributed by atoms with Gasteiger partial charge in [0.15, 0.2) is 0 Å². The molecule has 2 aromatic carbocycles. The highest BCUT2D eigenvalue weighted by molar-refractivity contribution is 5.94. The zero-order valence-electron chi connectivity index (χ0n) is 15.1. The second-order valence-electron chi connectivity index (χ2n) is 6.32. The summed E-state index contributed by atoms with van der Waals surface area (Å²) >= 11 is 0. The molecule has 26 heavy (non-hydrogen) atoms. The van der Waals surface area contributed by atoms with Gasteiger partial charge in [0.1, 0.15) is 0 Å². The average Bonchev–Trinajstić information content (AvgIpc) is 2.57. The minimum Gasteiger partial charge on any atom is -0.326 e. The van der Waals surface area contributed by atoms with E-state index in [1.54, 1.807) is 48.5 Å². The highest BCUT2D eigenvalue weighted by atomic mass is 16.2. The molecule has 3 amide bonds. The lowest BCUT2D eigenvalue weighted by Crippen LogP contribution is -2.18. The van der Waals surface area contributed by atoms with Crippen molar-refractivity contribution in [2.24, 2.45) is 5.92 Å². The van der Waals surface area contributed by atoms with Gasteiger partial charge in [0, 0.05) is 29.9 Å². The van der Waals surface area contributed by atoms with Gasteiger partial charge in [0.25, 0.3) is 0 Å². The molecule has 2 rings (SSSR count). The average molecular weight is 353 g/mol. The van der Waals surface area contributed by atoms with Gasteiger partial charge < -0.3 is 16.0 Å². The lowest BCUT2D eigenvalue weighted by atomic mass is 10.1. The van der Waals surface area contributed by atoms with Gasteiger partial charge in [-0.15, -0.1) is 0 Å². The van der Waals surface area contributed by atoms with Crippen molar-refractivity contribution in [2.45, 2.75) is 27.2 Å². The molecular formula is C20H23N3O3. The molecule has 0 unspecified atom stereocenters. The lowest BCUT2D eigenvalue weighted by molar-refractivity contribution is -0.119. The Balaban J connectivity index is 1.89. The molecule has 0 saturated carbocycles. The molecule has 0 radical (unpaired) electrons. The predicted octanol–water partition coefficient (Wildman–Crippen LogP) is 3.42. The van der Waals surface area contributed by atoms with Crippen LogP contribution in [0.3, 0.4) is 0 Å². The van der Waals surface area contributed by atoms with Gasteiger partial charge in [-0.05, 0) is 42.0 Å². The molecule has 136 valence electrons. The Morgan fingerprint density at radius 3 is 1.73 bits per heavy atom. The van der Waals surface area contributed by atoms with Crippen LogP contribution in [-0.4, -0.2) is 17.7 Å². The van der Waals surface area contributed by atoms with Crippen LogP contribution in [0, 0.1) is 5.92 Å². The number of rotatable bonds is 6. The lowest BCUT2D eigenvalue weighted by Gasteiger charge is -2.09. The molecule has 3 N–H and O–H groups in total. The topological polar surface area (TPSA) is 87.3 Å². The van der Waals surface area contributed by atoms with E-state index in [2.05, 4.69) is 16.0 Å². The number of anilines is 3. The Kier molecular flexibility index (Phi) is 6.49. The van der Waals surface area contributed by atoms with E-state index in [1.165, 1.54) is 6.92 Å². The molecule has 0 heterocycles. The molecule has 6 heteroatoms. The molecule has 0 atom stereocenters. The first kappa shape index (κ1) is 19.2. The summed E-state index contributed by atoms with van der Waals surface area (Å²) in [6.45, 7) is 5.10. The Bertz CT molecular complexity index is 781. The first-order chi connectivity index (χ1) is 12.3. The normalized spacial score (nSPS) is 10.3. The molecule has 6 nitrogen and oxygen atoms in total. The summed E-state index contributed by atoms with van der Waals surface area (Å²) in [5, 5.41) is 8.30. The SMILES string of the molecule is CC(=O)Nc1ccc(CC(=O)Nc2ccc(NC(=O)C(C)C)cc2)cc1. The van der Waals surface area contributed by atoms with E-state index < -0.39 is 0 Å². The minimum atomic E-state index is -0.142. The molecule has 0 aliphatic carbocycles. The fourth-order valence-corrected chi connectivity index (χ4v) is 2.22. The Morgan fingerprint density at radius 2 is 1.23 bits per heavy atom. The second-order valence-corrected chi connectivity index (χ2v) is 6.32. The van der Waals surface area contributed by atoms with Crippen molar-refractivity contribution in [3.8, 4) is 0 Å². The van der Waals surface area contributed by atoms with E-state index in [9.17, 15) is 14.4 Å². The third-order valence-corrected chi connectivity index (χ3v) is 3.60. The Labute approximate surface area is 153 Å². The molecule has 0 aliphatic heterocycles. The molecule has 0 saturated heterocycles. The predicted molar refractivity (Wildman–Crippen MR) is 103 cm³/mol. The summed E-state index contributed by atoms with van der Waals surface area (Å²) in [5.74, 6) is -0.421. The standard InChI is InChI=1S/C20H23N3O3/c1-13(2)20(26)23-18-10-8-17(9-11-18)22-19(25)12-15-4-6-16(7-5-15)21-14(3)24/h4-11,13H,12H2,1-3H3,(H,21,24)(H,22,25)(H,23,26). The van der Waals surface area contributed by atoms with Crippen LogP contribution in [0.4, 0.5) is 17.1 Å². The second kappa shape index (κ2) is 8.80. The summed E-state index contributed by atoms with van der Waals surface area (Å²) in [7, 11) is 0. The largest absolute Gasteiger partial charge is 0.326 e. The molecule has 0 bridgehead atoms. The van der Waals surface area contributed by atoms with Crippen molar-refractivity contribution >= 4 is 34.8 Å². The van der Waals surface area contributed by atoms with Gasteiger partial charge in [-0.1, -0.05) is 26.0 Å². The van der Waals surface area contributed by atoms with Gasteiger partial charge in [-0.3, -0.25) is 14.4 Å². The minimum absolute atomic E-state index is 0.0514. The van der Waals surface area contributed by atoms with E-state index in [0.717, 1.165) is 5.56 Å². The van der Waals surface area contributed by atoms with Crippen molar-refractivity contribution in [3.05, 3.63) is 54.1 Å². The summed E-state index contributed by atoms with van der Waals surface area (Å²) in [6.07, 6.45) is 0.228. The number of carbonyl (C=O) groups excluding carboxylic acids is 3. The quantitative estimate of drug-likeness (QED) is 0.743. The van der Waals surface area contributed by atoms with Crippen molar-refractivity contribution in [2.75, 3.05) is 16.0 Å². The van der Waals surface area contributed by atoms with Crippen molar-refractivity contribution < 1.29 is 14.4 Å². The first-order valence-corrected chi connectivity index (χ1v) is 8.41. The maximum atomic E-state index is 12.1. The molecular weight excluding hydrogens is 330 g/mol. The highest BCUT2D eigenvalue weighted by Gasteiger charge is 2.08. The van der Waals surface area contributed by atoms with Crippen LogP contribution in [0.25, 0.3) is 0 Å². The van der Waals surface area contributed by atoms with Crippen LogP contribution < -0.4 is 16.0 Å². The summed E-state index contributed by atoms with van der Waals surface area (Å²) < 4.78 is 0. The number of benzene rings is 2. The zero-order chi connectivity index (χ0) is 19.1. The van der Waals surface area contributed by atoms with Crippen molar-refractivity contribution in [1.29, 1.82) is 0 Å². The van der Waals surface area contributed by atoms with Gasteiger partial charge >= 0.3 is 0 Å². The Hall–Kier alpha value is -3.15. The van der Waals surface area contributed by atoms with E-state index >= 15 is 0 Å². The van der Waals surface area contributed by atoms with E-state index in [-0.39, 0.29) is 30.1 Å². The Morgan fingerprint density at radius 1 is 0.769 bits per heavy atom. The zero-order valence-corrected chi connectivity index (χ0v) is 15.1. The number of hydrogen-bond donors (Lipinski definition) is 3. The molecule has 0 aromatic heterocycles. The first-order valence-electron chi connectivity index (χ1n) is 8.41. The van der Waals surface area contributed by atoms with Gasteiger partial charge in [-0.25, -0.2) is 0 Å². The van der Waals surface area contributed by atoms with E-state index in [1.807, 2.05) is 13.8 Å². The maximum absolute atomic E-state index is 12.1. The van der Waals surface area contributed by atoms with E-state index in [0.29, 0.717) is 17.1 Å².